The summed E-state index contributed by atoms with van der Waals surface area (Å²) in [5.74, 6) is -0.661. The fourth-order valence-electron chi connectivity index (χ4n) is 2.02. The number of anilines is 2. The van der Waals surface area contributed by atoms with Gasteiger partial charge in [-0.1, -0.05) is 6.92 Å². The zero-order chi connectivity index (χ0) is 16.2. The minimum absolute atomic E-state index is 0.0493. The molecule has 118 valence electrons. The van der Waals surface area contributed by atoms with E-state index >= 15 is 0 Å². The van der Waals surface area contributed by atoms with Crippen LogP contribution < -0.4 is 10.6 Å². The first kappa shape index (κ1) is 17.1. The third-order valence-electron chi connectivity index (χ3n) is 2.91. The van der Waals surface area contributed by atoms with E-state index < -0.39 is 18.6 Å². The molecule has 0 saturated heterocycles. The second kappa shape index (κ2) is 6.69. The predicted molar refractivity (Wildman–Crippen MR) is 77.4 cm³/mol. The van der Waals surface area contributed by atoms with E-state index in [1.807, 2.05) is 0 Å². The average molecular weight is 303 g/mol. The molecule has 7 heteroatoms. The highest BCUT2D eigenvalue weighted by molar-refractivity contribution is 5.96. The first-order valence-corrected chi connectivity index (χ1v) is 6.58. The van der Waals surface area contributed by atoms with Crippen molar-refractivity contribution < 1.29 is 18.0 Å². The normalized spacial score (nSPS) is 11.3. The highest BCUT2D eigenvalue weighted by atomic mass is 19.4. The van der Waals surface area contributed by atoms with Gasteiger partial charge in [-0.2, -0.15) is 13.2 Å². The van der Waals surface area contributed by atoms with Gasteiger partial charge in [-0.05, 0) is 24.6 Å². The molecule has 0 saturated carbocycles. The summed E-state index contributed by atoms with van der Waals surface area (Å²) >= 11 is 0. The van der Waals surface area contributed by atoms with E-state index in [1.54, 1.807) is 32.0 Å². The number of carbonyl (C=O) groups is 1. The number of halogens is 3. The minimum Gasteiger partial charge on any atom is -0.397 e. The summed E-state index contributed by atoms with van der Waals surface area (Å²) in [6.45, 7) is 0.517. The molecule has 1 rings (SSSR count). The summed E-state index contributed by atoms with van der Waals surface area (Å²) < 4.78 is 37.6. The molecule has 1 aromatic rings. The van der Waals surface area contributed by atoms with E-state index in [0.717, 1.165) is 4.90 Å². The van der Waals surface area contributed by atoms with Crippen molar-refractivity contribution in [2.45, 2.75) is 19.5 Å². The van der Waals surface area contributed by atoms with Gasteiger partial charge >= 0.3 is 6.18 Å². The van der Waals surface area contributed by atoms with Gasteiger partial charge in [0.15, 0.2) is 0 Å². The van der Waals surface area contributed by atoms with Crippen LogP contribution >= 0.6 is 0 Å². The number of rotatable bonds is 5. The Bertz CT molecular complexity index is 501. The topological polar surface area (TPSA) is 49.6 Å². The summed E-state index contributed by atoms with van der Waals surface area (Å²) in [7, 11) is 3.58. The molecule has 0 spiro atoms. The van der Waals surface area contributed by atoms with Crippen LogP contribution in [0.1, 0.15) is 23.7 Å². The van der Waals surface area contributed by atoms with Gasteiger partial charge in [-0.25, -0.2) is 0 Å². The third kappa shape index (κ3) is 4.84. The van der Waals surface area contributed by atoms with E-state index in [2.05, 4.69) is 0 Å². The Morgan fingerprint density at radius 1 is 1.29 bits per heavy atom. The number of nitrogen functional groups attached to an aromatic ring is 1. The lowest BCUT2D eigenvalue weighted by Gasteiger charge is -2.24. The Labute approximate surface area is 122 Å². The van der Waals surface area contributed by atoms with Gasteiger partial charge in [0.25, 0.3) is 5.91 Å². The van der Waals surface area contributed by atoms with Gasteiger partial charge in [0, 0.05) is 26.2 Å². The van der Waals surface area contributed by atoms with Crippen molar-refractivity contribution in [3.8, 4) is 0 Å². The minimum atomic E-state index is -4.42. The predicted octanol–water partition coefficient (Wildman–Crippen LogP) is 2.75. The molecule has 0 aliphatic carbocycles. The van der Waals surface area contributed by atoms with Crippen LogP contribution in [-0.4, -0.2) is 44.2 Å². The van der Waals surface area contributed by atoms with Crippen molar-refractivity contribution in [3.63, 3.8) is 0 Å². The van der Waals surface area contributed by atoms with E-state index in [-0.39, 0.29) is 12.1 Å². The van der Waals surface area contributed by atoms with Crippen molar-refractivity contribution in [1.82, 2.24) is 4.90 Å². The number of hydrogen-bond donors (Lipinski definition) is 1. The fourth-order valence-corrected chi connectivity index (χ4v) is 2.02. The van der Waals surface area contributed by atoms with Gasteiger partial charge in [-0.3, -0.25) is 4.79 Å². The van der Waals surface area contributed by atoms with E-state index in [9.17, 15) is 18.0 Å². The molecule has 0 fully saturated rings. The lowest BCUT2D eigenvalue weighted by Crippen LogP contribution is -2.39. The molecule has 1 amide bonds. The molecule has 0 bridgehead atoms. The molecular weight excluding hydrogens is 283 g/mol. The highest BCUT2D eigenvalue weighted by Crippen LogP contribution is 2.24. The molecule has 0 aliphatic heterocycles. The van der Waals surface area contributed by atoms with Crippen molar-refractivity contribution in [1.29, 1.82) is 0 Å². The number of alkyl halides is 3. The monoisotopic (exact) mass is 303 g/mol. The molecule has 2 N–H and O–H groups in total. The van der Waals surface area contributed by atoms with Crippen LogP contribution in [0.2, 0.25) is 0 Å². The molecule has 0 aliphatic rings. The standard InChI is InChI=1S/C14H20F3N3O/c1-4-7-20(9-14(15,16)17)13(21)10-5-6-12(19(2)3)11(18)8-10/h5-6,8H,4,7,9,18H2,1-3H3. The van der Waals surface area contributed by atoms with Gasteiger partial charge in [0.2, 0.25) is 0 Å². The number of hydrogen-bond acceptors (Lipinski definition) is 3. The highest BCUT2D eigenvalue weighted by Gasteiger charge is 2.33. The van der Waals surface area contributed by atoms with Crippen LogP contribution in [-0.2, 0) is 0 Å². The second-order valence-electron chi connectivity index (χ2n) is 5.01. The van der Waals surface area contributed by atoms with Crippen LogP contribution in [0.4, 0.5) is 24.5 Å². The van der Waals surface area contributed by atoms with Gasteiger partial charge < -0.3 is 15.5 Å². The quantitative estimate of drug-likeness (QED) is 0.851. The molecule has 1 aromatic carbocycles. The second-order valence-corrected chi connectivity index (χ2v) is 5.01. The maximum atomic E-state index is 12.5. The van der Waals surface area contributed by atoms with Crippen molar-refractivity contribution in [3.05, 3.63) is 23.8 Å². The zero-order valence-corrected chi connectivity index (χ0v) is 12.4. The van der Waals surface area contributed by atoms with Crippen LogP contribution in [0.25, 0.3) is 0 Å². The largest absolute Gasteiger partial charge is 0.406 e. The van der Waals surface area contributed by atoms with E-state index in [1.165, 1.54) is 12.1 Å². The summed E-state index contributed by atoms with van der Waals surface area (Å²) in [6, 6.07) is 4.53. The Balaban J connectivity index is 3.01. The summed E-state index contributed by atoms with van der Waals surface area (Å²) in [5, 5.41) is 0. The van der Waals surface area contributed by atoms with Crippen LogP contribution in [0.5, 0.6) is 0 Å². The number of nitrogens with zero attached hydrogens (tertiary/aromatic N) is 2. The zero-order valence-electron chi connectivity index (χ0n) is 12.4. The van der Waals surface area contributed by atoms with Crippen molar-refractivity contribution >= 4 is 17.3 Å². The maximum Gasteiger partial charge on any atom is 0.406 e. The van der Waals surface area contributed by atoms with Gasteiger partial charge in [0.05, 0.1) is 11.4 Å². The summed E-state index contributed by atoms with van der Waals surface area (Å²) in [4.78, 5) is 14.8. The lowest BCUT2D eigenvalue weighted by atomic mass is 10.1. The Morgan fingerprint density at radius 3 is 2.33 bits per heavy atom. The molecule has 0 radical (unpaired) electrons. The third-order valence-corrected chi connectivity index (χ3v) is 2.91. The van der Waals surface area contributed by atoms with Crippen molar-refractivity contribution in [2.75, 3.05) is 37.8 Å². The van der Waals surface area contributed by atoms with Crippen LogP contribution in [0, 0.1) is 0 Å². The van der Waals surface area contributed by atoms with Crippen LogP contribution in [0.15, 0.2) is 18.2 Å². The summed E-state index contributed by atoms with van der Waals surface area (Å²) in [5.41, 5.74) is 7.06. The number of amides is 1. The number of carbonyl (C=O) groups excluding carboxylic acids is 1. The first-order chi connectivity index (χ1) is 9.65. The molecule has 0 unspecified atom stereocenters. The van der Waals surface area contributed by atoms with E-state index in [0.29, 0.717) is 17.8 Å². The molecule has 0 atom stereocenters. The average Bonchev–Trinajstić information content (AvgIpc) is 2.35. The van der Waals surface area contributed by atoms with Crippen molar-refractivity contribution in [2.24, 2.45) is 0 Å². The molecule has 0 heterocycles. The Hall–Kier alpha value is -1.92. The first-order valence-electron chi connectivity index (χ1n) is 6.58. The molecule has 21 heavy (non-hydrogen) atoms. The summed E-state index contributed by atoms with van der Waals surface area (Å²) in [6.07, 6.45) is -3.97. The maximum absolute atomic E-state index is 12.5. The number of nitrogens with two attached hydrogens (primary N) is 1. The smallest absolute Gasteiger partial charge is 0.397 e. The van der Waals surface area contributed by atoms with Gasteiger partial charge in [0.1, 0.15) is 6.54 Å². The van der Waals surface area contributed by atoms with E-state index in [4.69, 9.17) is 5.73 Å². The molecule has 4 nitrogen and oxygen atoms in total. The van der Waals surface area contributed by atoms with Gasteiger partial charge in [-0.15, -0.1) is 0 Å². The van der Waals surface area contributed by atoms with Crippen LogP contribution in [0.3, 0.4) is 0 Å². The SMILES string of the molecule is CCCN(CC(F)(F)F)C(=O)c1ccc(N(C)C)c(N)c1. The Morgan fingerprint density at radius 2 is 1.90 bits per heavy atom. The fraction of sp³-hybridized carbons (Fsp3) is 0.500. The molecular formula is C14H20F3N3O. The number of benzene rings is 1. The lowest BCUT2D eigenvalue weighted by molar-refractivity contribution is -0.140. The Kier molecular flexibility index (Phi) is 5.46. The molecule has 0 aromatic heterocycles.